The van der Waals surface area contributed by atoms with Crippen molar-refractivity contribution in [2.45, 2.75) is 120 Å². The standard InChI is InChI=1S/C49H63N17O21P2/c1-22(2)31(58-28(67)8-4-3-5-16-64-29(68)13-14-30(64)69)41(72)57-25(7-6-15-53-48(52)75)40(71)56-24-11-9-23(10-12-24)17-81-49(76)59-32-36-26(84-44(32)65-20-54-33-38(65)60-46(50)62-42(33)73)18-82-89(79,80)87-37-27(19-83-88(77,78)86-36)85-45(35(37)70)66-21-55-34-39(66)61-47(51)63-43(34)74/h9-14,20-22,25-27,31-32,35-37,44-45,70H,3-8,15-19H2,1-2H3,(H,56,71)(H,57,72)(H,58,67)(H,59,76)(H,77,78)(H,79,80)(H3,52,53,75)(H3,50,60,62,73)(H3,51,61,63,74)/t25-,26+,27+,31-,32-,35-,36?,37?,44+,45+/m0/s1. The van der Waals surface area contributed by atoms with Gasteiger partial charge >= 0.3 is 27.8 Å². The molecule has 0 radical (unpaired) electrons. The van der Waals surface area contributed by atoms with Gasteiger partial charge in [0, 0.05) is 37.3 Å². The molecule has 1 aromatic carbocycles. The molecule has 12 atom stereocenters. The molecule has 40 heteroatoms. The number of unbranched alkanes of at least 4 members (excludes halogenated alkanes) is 2. The third kappa shape index (κ3) is 15.7. The summed E-state index contributed by atoms with van der Waals surface area (Å²) in [5, 5.41) is 24.5. The number of imide groups is 1. The van der Waals surface area contributed by atoms with Gasteiger partial charge in [-0.1, -0.05) is 32.4 Å². The number of rotatable bonds is 21. The summed E-state index contributed by atoms with van der Waals surface area (Å²) >= 11 is 0. The first-order chi connectivity index (χ1) is 42.2. The number of hydrogen-bond donors (Lipinski definition) is 13. The van der Waals surface area contributed by atoms with Crippen molar-refractivity contribution in [2.75, 3.05) is 43.1 Å². The summed E-state index contributed by atoms with van der Waals surface area (Å²) in [5.74, 6) is -3.74. The van der Waals surface area contributed by atoms with Crippen LogP contribution >= 0.6 is 15.6 Å². The van der Waals surface area contributed by atoms with Crippen LogP contribution < -0.4 is 54.9 Å². The summed E-state index contributed by atoms with van der Waals surface area (Å²) in [6, 6.07) is 1.07. The van der Waals surface area contributed by atoms with Crippen LogP contribution in [0.1, 0.15) is 70.4 Å². The molecule has 4 aromatic heterocycles. The molecule has 0 bridgehead atoms. The van der Waals surface area contributed by atoms with Crippen molar-refractivity contribution in [2.24, 2.45) is 11.7 Å². The molecule has 3 saturated heterocycles. The molecule has 4 aliphatic heterocycles. The number of primary amides is 1. The molecule has 4 aliphatic rings. The number of phosphoric ester groups is 2. The number of fused-ring (bicyclic) bond motifs is 4. The molecule has 4 unspecified atom stereocenters. The maximum atomic E-state index is 14.0. The van der Waals surface area contributed by atoms with E-state index in [0.29, 0.717) is 24.8 Å². The minimum atomic E-state index is -5.40. The third-order valence-corrected chi connectivity index (χ3v) is 16.3. The fraction of sp³-hybridized carbons (Fsp3) is 0.490. The number of hydrogen-bond acceptors (Lipinski definition) is 25. The zero-order valence-corrected chi connectivity index (χ0v) is 49.0. The number of anilines is 3. The molecule has 38 nitrogen and oxygen atoms in total. The molecule has 0 spiro atoms. The number of aliphatic hydroxyl groups excluding tert-OH is 1. The van der Waals surface area contributed by atoms with Crippen molar-refractivity contribution in [3.8, 4) is 0 Å². The van der Waals surface area contributed by atoms with Gasteiger partial charge in [-0.15, -0.1) is 0 Å². The number of urea groups is 1. The number of nitrogens with one attached hydrogen (secondary N) is 7. The van der Waals surface area contributed by atoms with E-state index >= 15 is 0 Å². The van der Waals surface area contributed by atoms with Crippen LogP contribution in [0.2, 0.25) is 0 Å². The number of H-pyrrole nitrogens is 2. The molecule has 8 heterocycles. The molecular formula is C49H63N17O21P2. The van der Waals surface area contributed by atoms with Crippen molar-refractivity contribution in [1.29, 1.82) is 0 Å². The highest BCUT2D eigenvalue weighted by atomic mass is 31.2. The second-order valence-corrected chi connectivity index (χ2v) is 23.8. The number of phosphoric acid groups is 2. The summed E-state index contributed by atoms with van der Waals surface area (Å²) in [6.45, 7) is 1.17. The van der Waals surface area contributed by atoms with Crippen LogP contribution in [0.3, 0.4) is 0 Å². The first-order valence-electron chi connectivity index (χ1n) is 27.5. The monoisotopic (exact) mass is 1290 g/mol. The smallest absolute Gasteiger partial charge is 0.445 e. The van der Waals surface area contributed by atoms with E-state index in [1.807, 2.05) is 0 Å². The zero-order valence-electron chi connectivity index (χ0n) is 47.2. The minimum absolute atomic E-state index is 0.00856. The maximum absolute atomic E-state index is 14.0. The quantitative estimate of drug-likeness (QED) is 0.0223. The number of alkyl carbamates (subject to hydrolysis) is 1. The summed E-state index contributed by atoms with van der Waals surface area (Å²) < 4.78 is 69.2. The normalized spacial score (nSPS) is 26.0. The van der Waals surface area contributed by atoms with E-state index < -0.39 is 155 Å². The predicted octanol–water partition coefficient (Wildman–Crippen LogP) is -1.62. The highest BCUT2D eigenvalue weighted by molar-refractivity contribution is 7.47. The van der Waals surface area contributed by atoms with Gasteiger partial charge in [-0.05, 0) is 49.3 Å². The fourth-order valence-corrected chi connectivity index (χ4v) is 12.0. The second-order valence-electron chi connectivity index (χ2n) is 21.0. The highest BCUT2D eigenvalue weighted by Gasteiger charge is 2.55. The third-order valence-electron chi connectivity index (χ3n) is 14.3. The topological polar surface area (TPSA) is 548 Å². The van der Waals surface area contributed by atoms with E-state index in [-0.39, 0.29) is 72.3 Å². The van der Waals surface area contributed by atoms with Gasteiger partial charge in [-0.2, -0.15) is 9.97 Å². The van der Waals surface area contributed by atoms with Crippen molar-refractivity contribution < 1.29 is 89.9 Å². The number of imidazole rings is 2. The van der Waals surface area contributed by atoms with E-state index in [1.165, 1.54) is 36.4 Å². The van der Waals surface area contributed by atoms with Crippen LogP contribution in [0.5, 0.6) is 0 Å². The molecule has 8 amide bonds. The van der Waals surface area contributed by atoms with Crippen LogP contribution in [0, 0.1) is 5.92 Å². The SMILES string of the molecule is CC(C)[C@H](NC(=O)CCCCCN1C(=O)C=CC1=O)C(=O)N[C@@H](CCCNC(N)=O)C(=O)Nc1ccc(COC(=O)N[C@H]2C3OP(=O)(O)OC[C@H]4O[C@@H](n5cnc6c(=O)[nH]c(N)nc65)[C@@H](O)C4OP(=O)(O)OC[C@H]3O[C@H]2n2cnc3c(=O)[nH]c(N)nc32)cc1. The number of nitrogen functional groups attached to an aromatic ring is 2. The van der Waals surface area contributed by atoms with Gasteiger partial charge < -0.3 is 72.9 Å². The number of carbonyl (C=O) groups is 7. The Labute approximate surface area is 501 Å². The minimum Gasteiger partial charge on any atom is -0.445 e. The van der Waals surface area contributed by atoms with E-state index in [1.54, 1.807) is 13.8 Å². The number of aromatic amines is 2. The van der Waals surface area contributed by atoms with E-state index in [4.69, 9.17) is 49.5 Å². The molecule has 5 aromatic rings. The van der Waals surface area contributed by atoms with E-state index in [0.717, 1.165) is 26.7 Å². The molecule has 89 heavy (non-hydrogen) atoms. The molecule has 9 rings (SSSR count). The lowest BCUT2D eigenvalue weighted by Gasteiger charge is -2.29. The zero-order chi connectivity index (χ0) is 64.1. The number of aromatic nitrogens is 8. The van der Waals surface area contributed by atoms with Crippen LogP contribution in [0.4, 0.5) is 27.2 Å². The number of benzene rings is 1. The maximum Gasteiger partial charge on any atom is 0.472 e. The second kappa shape index (κ2) is 27.5. The van der Waals surface area contributed by atoms with Gasteiger partial charge in [0.2, 0.25) is 29.6 Å². The first-order valence-corrected chi connectivity index (χ1v) is 30.5. The van der Waals surface area contributed by atoms with Crippen LogP contribution in [0.25, 0.3) is 22.3 Å². The van der Waals surface area contributed by atoms with Crippen LogP contribution in [-0.4, -0.2) is 175 Å². The first kappa shape index (κ1) is 64.9. The average Bonchev–Trinajstić information content (AvgIpc) is 1.90. The molecular weight excluding hydrogens is 1220 g/mol. The summed E-state index contributed by atoms with van der Waals surface area (Å²) in [4.78, 5) is 159. The average molecular weight is 1290 g/mol. The Hall–Kier alpha value is -8.55. The number of aliphatic hydroxyl groups is 1. The largest absolute Gasteiger partial charge is 0.472 e. The summed E-state index contributed by atoms with van der Waals surface area (Å²) in [6.07, 6.45) is -7.37. The molecule has 16 N–H and O–H groups in total. The summed E-state index contributed by atoms with van der Waals surface area (Å²) in [5.41, 5.74) is 14.9. The van der Waals surface area contributed by atoms with E-state index in [2.05, 4.69) is 56.5 Å². The number of amides is 8. The van der Waals surface area contributed by atoms with Gasteiger partial charge in [0.05, 0.1) is 25.9 Å². The number of carbonyl (C=O) groups excluding carboxylic acids is 7. The predicted molar refractivity (Wildman–Crippen MR) is 302 cm³/mol. The lowest BCUT2D eigenvalue weighted by atomic mass is 10.0. The Balaban J connectivity index is 0.860. The number of ether oxygens (including phenoxy) is 3. The van der Waals surface area contributed by atoms with Crippen LogP contribution in [0.15, 0.2) is 58.7 Å². The van der Waals surface area contributed by atoms with Gasteiger partial charge in [0.25, 0.3) is 22.9 Å². The molecule has 480 valence electrons. The Kier molecular flexibility index (Phi) is 20.0. The van der Waals surface area contributed by atoms with Gasteiger partial charge in [0.15, 0.2) is 34.8 Å². The van der Waals surface area contributed by atoms with Gasteiger partial charge in [-0.25, -0.2) is 28.7 Å². The number of nitrogens with two attached hydrogens (primary N) is 3. The van der Waals surface area contributed by atoms with Gasteiger partial charge in [0.1, 0.15) is 55.3 Å². The molecule has 3 fully saturated rings. The molecule has 0 saturated carbocycles. The number of nitrogens with zero attached hydrogens (tertiary/aromatic N) is 7. The van der Waals surface area contributed by atoms with E-state index in [9.17, 15) is 67.2 Å². The summed E-state index contributed by atoms with van der Waals surface area (Å²) in [7, 11) is -10.7. The van der Waals surface area contributed by atoms with Crippen molar-refractivity contribution in [3.05, 3.63) is 75.3 Å². The van der Waals surface area contributed by atoms with Crippen molar-refractivity contribution in [1.82, 2.24) is 65.2 Å². The Bertz CT molecular complexity index is 3750. The Morgan fingerprint density at radius 1 is 0.775 bits per heavy atom. The van der Waals surface area contributed by atoms with Crippen molar-refractivity contribution >= 4 is 97.2 Å². The fourth-order valence-electron chi connectivity index (χ4n) is 10.0. The van der Waals surface area contributed by atoms with Gasteiger partial charge in [-0.3, -0.25) is 75.7 Å². The van der Waals surface area contributed by atoms with Crippen molar-refractivity contribution in [3.63, 3.8) is 0 Å². The highest BCUT2D eigenvalue weighted by Crippen LogP contribution is 2.54. The lowest BCUT2D eigenvalue weighted by Crippen LogP contribution is -2.54. The van der Waals surface area contributed by atoms with Crippen LogP contribution in [-0.2, 0) is 72.0 Å². The molecule has 0 aliphatic carbocycles. The lowest BCUT2D eigenvalue weighted by molar-refractivity contribution is -0.137. The Morgan fingerprint density at radius 2 is 1.35 bits per heavy atom. The Morgan fingerprint density at radius 3 is 1.94 bits per heavy atom.